The van der Waals surface area contributed by atoms with Gasteiger partial charge in [0.2, 0.25) is 11.8 Å². The van der Waals surface area contributed by atoms with Crippen LogP contribution in [0, 0.1) is 0 Å². The summed E-state index contributed by atoms with van der Waals surface area (Å²) in [4.78, 5) is 35.2. The Hall–Kier alpha value is -2.63. The van der Waals surface area contributed by atoms with Crippen LogP contribution < -0.4 is 15.7 Å². The van der Waals surface area contributed by atoms with Crippen LogP contribution in [0.2, 0.25) is 0 Å². The number of allylic oxidation sites excluding steroid dienone is 1. The van der Waals surface area contributed by atoms with Gasteiger partial charge in [0.1, 0.15) is 6.04 Å². The molecule has 1 atom stereocenters. The number of unbranched alkanes of at least 4 members (excludes halogenated alkanes) is 6. The molecule has 0 bridgehead atoms. The van der Waals surface area contributed by atoms with E-state index >= 15 is 0 Å². The lowest BCUT2D eigenvalue weighted by Crippen LogP contribution is -2.48. The van der Waals surface area contributed by atoms with Crippen LogP contribution in [0.5, 0.6) is 0 Å². The van der Waals surface area contributed by atoms with Crippen LogP contribution in [-0.2, 0) is 20.8 Å². The number of aliphatic carboxylic acids is 1. The van der Waals surface area contributed by atoms with Gasteiger partial charge in [-0.25, -0.2) is 0 Å². The fourth-order valence-electron chi connectivity index (χ4n) is 3.02. The predicted molar refractivity (Wildman–Crippen MR) is 112 cm³/mol. The molecule has 29 heavy (non-hydrogen) atoms. The van der Waals surface area contributed by atoms with Gasteiger partial charge in [0.15, 0.2) is 0 Å². The summed E-state index contributed by atoms with van der Waals surface area (Å²) in [5.74, 6) is -1.77. The Labute approximate surface area is 173 Å². The molecule has 2 N–H and O–H groups in total. The maximum atomic E-state index is 12.4. The number of carbonyl (C=O) groups is 3. The van der Waals surface area contributed by atoms with Crippen molar-refractivity contribution in [1.29, 1.82) is 0 Å². The fourth-order valence-corrected chi connectivity index (χ4v) is 3.02. The number of benzene rings is 1. The average molecular weight is 402 g/mol. The van der Waals surface area contributed by atoms with E-state index in [1.807, 2.05) is 36.4 Å². The maximum absolute atomic E-state index is 12.4. The van der Waals surface area contributed by atoms with Gasteiger partial charge < -0.3 is 20.5 Å². The Morgan fingerprint density at radius 3 is 2.28 bits per heavy atom. The van der Waals surface area contributed by atoms with Crippen molar-refractivity contribution in [2.45, 2.75) is 70.3 Å². The molecular weight excluding hydrogens is 368 g/mol. The summed E-state index contributed by atoms with van der Waals surface area (Å²) in [6.07, 6.45) is 9.85. The average Bonchev–Trinajstić information content (AvgIpc) is 2.70. The molecule has 6 nitrogen and oxygen atoms in total. The number of hydrogen-bond donors (Lipinski definition) is 2. The molecule has 1 aromatic rings. The van der Waals surface area contributed by atoms with Gasteiger partial charge in [0.25, 0.3) is 0 Å². The van der Waals surface area contributed by atoms with Crippen molar-refractivity contribution in [2.24, 2.45) is 0 Å². The van der Waals surface area contributed by atoms with Crippen molar-refractivity contribution in [3.8, 4) is 0 Å². The molecule has 1 aromatic carbocycles. The van der Waals surface area contributed by atoms with Crippen molar-refractivity contribution in [1.82, 2.24) is 10.6 Å². The number of rotatable bonds is 16. The summed E-state index contributed by atoms with van der Waals surface area (Å²) in [5.41, 5.74) is 0.923. The molecule has 0 fully saturated rings. The molecule has 0 aliphatic rings. The van der Waals surface area contributed by atoms with Crippen LogP contribution in [0.1, 0.15) is 63.4 Å². The first-order valence-corrected chi connectivity index (χ1v) is 10.4. The van der Waals surface area contributed by atoms with Crippen molar-refractivity contribution < 1.29 is 19.5 Å². The van der Waals surface area contributed by atoms with Crippen molar-refractivity contribution in [3.63, 3.8) is 0 Å². The van der Waals surface area contributed by atoms with Crippen molar-refractivity contribution >= 4 is 17.8 Å². The molecule has 0 spiro atoms. The molecule has 2 amide bonds. The SMILES string of the molecule is C=CCCCCCCCCC(=O)N[C@@H](Cc1ccccc1)C(=O)NCCC(=O)[O-]. The number of carboxylic acids is 1. The van der Waals surface area contributed by atoms with Gasteiger partial charge in [-0.1, -0.05) is 62.1 Å². The molecule has 0 saturated heterocycles. The van der Waals surface area contributed by atoms with E-state index in [9.17, 15) is 19.5 Å². The Balaban J connectivity index is 2.42. The standard InChI is InChI=1S/C23H34N2O4/c1-2-3-4-5-6-7-8-12-15-21(26)25-20(18-19-13-10-9-11-14-19)23(29)24-17-16-22(27)28/h2,9-11,13-14,20H,1,3-8,12,15-18H2,(H,24,29)(H,25,26)(H,27,28)/p-1/t20-/m0/s1. The first-order valence-electron chi connectivity index (χ1n) is 10.4. The highest BCUT2D eigenvalue weighted by molar-refractivity contribution is 5.88. The van der Waals surface area contributed by atoms with Crippen molar-refractivity contribution in [2.75, 3.05) is 6.54 Å². The second-order valence-corrected chi connectivity index (χ2v) is 7.17. The lowest BCUT2D eigenvalue weighted by atomic mass is 10.0. The zero-order valence-electron chi connectivity index (χ0n) is 17.2. The quantitative estimate of drug-likeness (QED) is 0.328. The summed E-state index contributed by atoms with van der Waals surface area (Å²) in [7, 11) is 0. The monoisotopic (exact) mass is 401 g/mol. The number of amides is 2. The second-order valence-electron chi connectivity index (χ2n) is 7.17. The molecule has 0 unspecified atom stereocenters. The zero-order valence-corrected chi connectivity index (χ0v) is 17.2. The van der Waals surface area contributed by atoms with E-state index in [0.717, 1.165) is 44.1 Å². The van der Waals surface area contributed by atoms with E-state index in [2.05, 4.69) is 17.2 Å². The van der Waals surface area contributed by atoms with E-state index in [4.69, 9.17) is 0 Å². The van der Waals surface area contributed by atoms with E-state index in [0.29, 0.717) is 12.8 Å². The molecular formula is C23H33N2O4-. The summed E-state index contributed by atoms with van der Waals surface area (Å²) in [6.45, 7) is 3.69. The molecule has 0 aromatic heterocycles. The van der Waals surface area contributed by atoms with Gasteiger partial charge in [-0.15, -0.1) is 6.58 Å². The van der Waals surface area contributed by atoms with Crippen LogP contribution >= 0.6 is 0 Å². The summed E-state index contributed by atoms with van der Waals surface area (Å²) >= 11 is 0. The molecule has 0 aliphatic carbocycles. The molecule has 0 radical (unpaired) electrons. The summed E-state index contributed by atoms with van der Waals surface area (Å²) in [6, 6.07) is 8.67. The molecule has 6 heteroatoms. The first-order chi connectivity index (χ1) is 14.0. The minimum absolute atomic E-state index is 0.0197. The maximum Gasteiger partial charge on any atom is 0.242 e. The molecule has 0 saturated carbocycles. The highest BCUT2D eigenvalue weighted by atomic mass is 16.4. The number of hydrogen-bond acceptors (Lipinski definition) is 4. The first kappa shape index (κ1) is 24.4. The second kappa shape index (κ2) is 15.3. The van der Waals surface area contributed by atoms with Crippen LogP contribution in [0.4, 0.5) is 0 Å². The molecule has 0 heterocycles. The van der Waals surface area contributed by atoms with Crippen LogP contribution in [0.3, 0.4) is 0 Å². The number of nitrogens with one attached hydrogen (secondary N) is 2. The largest absolute Gasteiger partial charge is 0.550 e. The van der Waals surface area contributed by atoms with E-state index in [1.54, 1.807) is 0 Å². The highest BCUT2D eigenvalue weighted by Gasteiger charge is 2.20. The zero-order chi connectivity index (χ0) is 21.3. The molecule has 160 valence electrons. The summed E-state index contributed by atoms with van der Waals surface area (Å²) in [5, 5.41) is 15.9. The van der Waals surface area contributed by atoms with Gasteiger partial charge in [0.05, 0.1) is 0 Å². The number of carbonyl (C=O) groups excluding carboxylic acids is 3. The highest BCUT2D eigenvalue weighted by Crippen LogP contribution is 2.09. The third-order valence-corrected chi connectivity index (χ3v) is 4.62. The van der Waals surface area contributed by atoms with Crippen LogP contribution in [0.15, 0.2) is 43.0 Å². The Morgan fingerprint density at radius 2 is 1.62 bits per heavy atom. The topological polar surface area (TPSA) is 98.3 Å². The third-order valence-electron chi connectivity index (χ3n) is 4.62. The smallest absolute Gasteiger partial charge is 0.242 e. The van der Waals surface area contributed by atoms with Crippen LogP contribution in [-0.4, -0.2) is 30.4 Å². The molecule has 1 rings (SSSR count). The lowest BCUT2D eigenvalue weighted by molar-refractivity contribution is -0.305. The summed E-state index contributed by atoms with van der Waals surface area (Å²) < 4.78 is 0. The predicted octanol–water partition coefficient (Wildman–Crippen LogP) is 2.28. The van der Waals surface area contributed by atoms with Gasteiger partial charge in [-0.3, -0.25) is 9.59 Å². The Bertz CT molecular complexity index is 631. The lowest BCUT2D eigenvalue weighted by Gasteiger charge is -2.19. The fraction of sp³-hybridized carbons (Fsp3) is 0.522. The van der Waals surface area contributed by atoms with Crippen LogP contribution in [0.25, 0.3) is 0 Å². The van der Waals surface area contributed by atoms with E-state index in [-0.39, 0.29) is 24.8 Å². The van der Waals surface area contributed by atoms with E-state index < -0.39 is 12.0 Å². The minimum atomic E-state index is -1.22. The Kier molecular flexibility index (Phi) is 12.9. The Morgan fingerprint density at radius 1 is 0.966 bits per heavy atom. The number of carboxylic acid groups (broad SMARTS) is 1. The minimum Gasteiger partial charge on any atom is -0.550 e. The normalized spacial score (nSPS) is 11.4. The van der Waals surface area contributed by atoms with E-state index in [1.165, 1.54) is 6.42 Å². The van der Waals surface area contributed by atoms with Crippen molar-refractivity contribution in [3.05, 3.63) is 48.6 Å². The van der Waals surface area contributed by atoms with Gasteiger partial charge in [-0.05, 0) is 24.8 Å². The van der Waals surface area contributed by atoms with Gasteiger partial charge in [-0.2, -0.15) is 0 Å². The third kappa shape index (κ3) is 12.4. The van der Waals surface area contributed by atoms with Gasteiger partial charge in [0, 0.05) is 31.8 Å². The molecule has 0 aliphatic heterocycles. The van der Waals surface area contributed by atoms with Gasteiger partial charge >= 0.3 is 0 Å².